The maximum absolute atomic E-state index is 11.6. The van der Waals surface area contributed by atoms with E-state index in [1.807, 2.05) is 23.1 Å². The lowest BCUT2D eigenvalue weighted by atomic mass is 10.3. The Morgan fingerprint density at radius 2 is 2.43 bits per heavy atom. The number of alkyl halides is 1. The van der Waals surface area contributed by atoms with E-state index in [2.05, 4.69) is 20.9 Å². The predicted octanol–water partition coefficient (Wildman–Crippen LogP) is 1.58. The molecular weight excluding hydrogens is 244 g/mol. The second-order valence-corrected chi connectivity index (χ2v) is 4.44. The van der Waals surface area contributed by atoms with Crippen LogP contribution in [0.25, 0.3) is 0 Å². The number of carbonyl (C=O) groups is 1. The van der Waals surface area contributed by atoms with E-state index >= 15 is 0 Å². The van der Waals surface area contributed by atoms with Crippen LogP contribution in [0.5, 0.6) is 0 Å². The van der Waals surface area contributed by atoms with E-state index in [9.17, 15) is 4.79 Å². The third kappa shape index (κ3) is 1.95. The standard InChI is InChI=1S/C10H11BrN2O/c11-9-4-6-13(10(9)14)7-8-3-1-2-5-12-8/h1-3,5,9H,4,6-7H2. The average molecular weight is 255 g/mol. The minimum atomic E-state index is 0.00575. The number of nitrogens with zero attached hydrogens (tertiary/aromatic N) is 2. The van der Waals surface area contributed by atoms with Crippen molar-refractivity contribution in [1.82, 2.24) is 9.88 Å². The van der Waals surface area contributed by atoms with E-state index in [4.69, 9.17) is 0 Å². The highest BCUT2D eigenvalue weighted by atomic mass is 79.9. The van der Waals surface area contributed by atoms with Crippen molar-refractivity contribution in [2.24, 2.45) is 0 Å². The summed E-state index contributed by atoms with van der Waals surface area (Å²) in [4.78, 5) is 17.6. The molecule has 0 bridgehead atoms. The van der Waals surface area contributed by atoms with Crippen LogP contribution in [0.4, 0.5) is 0 Å². The molecule has 1 amide bonds. The molecule has 1 aromatic rings. The summed E-state index contributed by atoms with van der Waals surface area (Å²) in [7, 11) is 0. The summed E-state index contributed by atoms with van der Waals surface area (Å²) in [6.45, 7) is 1.45. The molecule has 0 aliphatic carbocycles. The summed E-state index contributed by atoms with van der Waals surface area (Å²) < 4.78 is 0. The van der Waals surface area contributed by atoms with Gasteiger partial charge in [-0.3, -0.25) is 9.78 Å². The molecule has 0 aromatic carbocycles. The van der Waals surface area contributed by atoms with Crippen LogP contribution in [-0.2, 0) is 11.3 Å². The first-order valence-electron chi connectivity index (χ1n) is 4.60. The van der Waals surface area contributed by atoms with Gasteiger partial charge in [-0.15, -0.1) is 0 Å². The molecule has 0 N–H and O–H groups in total. The monoisotopic (exact) mass is 254 g/mol. The zero-order valence-corrected chi connectivity index (χ0v) is 9.27. The minimum absolute atomic E-state index is 0.00575. The Labute approximate surface area is 91.3 Å². The second kappa shape index (κ2) is 4.09. The van der Waals surface area contributed by atoms with Crippen molar-refractivity contribution in [3.8, 4) is 0 Å². The molecule has 0 spiro atoms. The van der Waals surface area contributed by atoms with Crippen molar-refractivity contribution in [3.05, 3.63) is 30.1 Å². The van der Waals surface area contributed by atoms with Gasteiger partial charge in [0, 0.05) is 12.7 Å². The average Bonchev–Trinajstić information content (AvgIpc) is 2.52. The molecule has 2 rings (SSSR count). The number of aromatic nitrogens is 1. The summed E-state index contributed by atoms with van der Waals surface area (Å²) in [5.41, 5.74) is 0.947. The van der Waals surface area contributed by atoms with Crippen LogP contribution < -0.4 is 0 Å². The quantitative estimate of drug-likeness (QED) is 0.751. The highest BCUT2D eigenvalue weighted by Gasteiger charge is 2.29. The van der Waals surface area contributed by atoms with Crippen LogP contribution in [0.2, 0.25) is 0 Å². The molecule has 1 aliphatic rings. The molecule has 74 valence electrons. The highest BCUT2D eigenvalue weighted by Crippen LogP contribution is 2.19. The van der Waals surface area contributed by atoms with Crippen LogP contribution in [0, 0.1) is 0 Å². The van der Waals surface area contributed by atoms with Gasteiger partial charge in [-0.05, 0) is 18.6 Å². The Bertz CT molecular complexity index is 328. The van der Waals surface area contributed by atoms with Crippen molar-refractivity contribution >= 4 is 21.8 Å². The number of amides is 1. The van der Waals surface area contributed by atoms with Gasteiger partial charge >= 0.3 is 0 Å². The number of halogens is 1. The molecule has 2 heterocycles. The van der Waals surface area contributed by atoms with E-state index in [1.165, 1.54) is 0 Å². The third-order valence-electron chi connectivity index (χ3n) is 2.31. The second-order valence-electron chi connectivity index (χ2n) is 3.34. The molecule has 0 radical (unpaired) electrons. The third-order valence-corrected chi connectivity index (χ3v) is 3.16. The minimum Gasteiger partial charge on any atom is -0.336 e. The lowest BCUT2D eigenvalue weighted by Crippen LogP contribution is -2.27. The fourth-order valence-corrected chi connectivity index (χ4v) is 2.04. The maximum Gasteiger partial charge on any atom is 0.236 e. The van der Waals surface area contributed by atoms with Crippen molar-refractivity contribution in [2.45, 2.75) is 17.8 Å². The van der Waals surface area contributed by atoms with Gasteiger partial charge in [0.2, 0.25) is 5.91 Å². The molecule has 1 fully saturated rings. The van der Waals surface area contributed by atoms with Crippen LogP contribution in [0.3, 0.4) is 0 Å². The Morgan fingerprint density at radius 3 is 3.00 bits per heavy atom. The van der Waals surface area contributed by atoms with E-state index in [0.717, 1.165) is 18.7 Å². The van der Waals surface area contributed by atoms with Crippen LogP contribution in [-0.4, -0.2) is 27.2 Å². The Hall–Kier alpha value is -0.900. The zero-order valence-electron chi connectivity index (χ0n) is 7.69. The first-order valence-corrected chi connectivity index (χ1v) is 5.52. The number of hydrogen-bond acceptors (Lipinski definition) is 2. The topological polar surface area (TPSA) is 33.2 Å². The van der Waals surface area contributed by atoms with Crippen LogP contribution >= 0.6 is 15.9 Å². The fraction of sp³-hybridized carbons (Fsp3) is 0.400. The van der Waals surface area contributed by atoms with Crippen molar-refractivity contribution in [2.75, 3.05) is 6.54 Å². The summed E-state index contributed by atoms with van der Waals surface area (Å²) in [6.07, 6.45) is 2.65. The van der Waals surface area contributed by atoms with E-state index in [-0.39, 0.29) is 10.7 Å². The maximum atomic E-state index is 11.6. The van der Waals surface area contributed by atoms with Crippen molar-refractivity contribution in [3.63, 3.8) is 0 Å². The summed E-state index contributed by atoms with van der Waals surface area (Å²) >= 11 is 3.35. The van der Waals surface area contributed by atoms with Crippen molar-refractivity contribution in [1.29, 1.82) is 0 Å². The van der Waals surface area contributed by atoms with Crippen LogP contribution in [0.1, 0.15) is 12.1 Å². The largest absolute Gasteiger partial charge is 0.336 e. The molecule has 1 atom stereocenters. The Morgan fingerprint density at radius 1 is 1.57 bits per heavy atom. The molecule has 1 saturated heterocycles. The predicted molar refractivity (Wildman–Crippen MR) is 57.0 cm³/mol. The molecule has 3 nitrogen and oxygen atoms in total. The van der Waals surface area contributed by atoms with Gasteiger partial charge < -0.3 is 4.90 Å². The number of rotatable bonds is 2. The Kier molecular flexibility index (Phi) is 2.82. The van der Waals surface area contributed by atoms with Gasteiger partial charge in [-0.1, -0.05) is 22.0 Å². The van der Waals surface area contributed by atoms with Crippen molar-refractivity contribution < 1.29 is 4.79 Å². The lowest BCUT2D eigenvalue weighted by Gasteiger charge is -2.14. The number of likely N-dealkylation sites (tertiary alicyclic amines) is 1. The molecule has 0 saturated carbocycles. The normalized spacial score (nSPS) is 21.6. The Balaban J connectivity index is 2.02. The molecular formula is C10H11BrN2O. The van der Waals surface area contributed by atoms with Gasteiger partial charge in [0.05, 0.1) is 17.1 Å². The molecule has 1 aromatic heterocycles. The molecule has 14 heavy (non-hydrogen) atoms. The van der Waals surface area contributed by atoms with Gasteiger partial charge in [0.1, 0.15) is 0 Å². The first kappa shape index (κ1) is 9.65. The smallest absolute Gasteiger partial charge is 0.236 e. The van der Waals surface area contributed by atoms with Gasteiger partial charge in [-0.2, -0.15) is 0 Å². The number of pyridine rings is 1. The van der Waals surface area contributed by atoms with E-state index in [0.29, 0.717) is 6.54 Å². The number of hydrogen-bond donors (Lipinski definition) is 0. The first-order chi connectivity index (χ1) is 6.77. The fourth-order valence-electron chi connectivity index (χ4n) is 1.55. The molecule has 4 heteroatoms. The summed E-state index contributed by atoms with van der Waals surface area (Å²) in [5, 5.41) is 0. The van der Waals surface area contributed by atoms with Gasteiger partial charge in [0.15, 0.2) is 0 Å². The summed E-state index contributed by atoms with van der Waals surface area (Å²) in [5.74, 6) is 0.177. The summed E-state index contributed by atoms with van der Waals surface area (Å²) in [6, 6.07) is 5.76. The highest BCUT2D eigenvalue weighted by molar-refractivity contribution is 9.10. The van der Waals surface area contributed by atoms with Gasteiger partial charge in [0.25, 0.3) is 0 Å². The lowest BCUT2D eigenvalue weighted by molar-refractivity contribution is -0.127. The van der Waals surface area contributed by atoms with E-state index < -0.39 is 0 Å². The van der Waals surface area contributed by atoms with Gasteiger partial charge in [-0.25, -0.2) is 0 Å². The van der Waals surface area contributed by atoms with E-state index in [1.54, 1.807) is 6.20 Å². The molecule has 1 aliphatic heterocycles. The zero-order chi connectivity index (χ0) is 9.97. The van der Waals surface area contributed by atoms with Crippen LogP contribution in [0.15, 0.2) is 24.4 Å². The number of carbonyl (C=O) groups excluding carboxylic acids is 1. The molecule has 1 unspecified atom stereocenters. The SMILES string of the molecule is O=C1C(Br)CCN1Cc1ccccn1.